The molecule has 7 heteroatoms. The van der Waals surface area contributed by atoms with Crippen LogP contribution in [0.4, 0.5) is 13.2 Å². The van der Waals surface area contributed by atoms with Crippen LogP contribution in [0, 0.1) is 11.3 Å². The third-order valence-corrected chi connectivity index (χ3v) is 4.19. The predicted molar refractivity (Wildman–Crippen MR) is 97.9 cm³/mol. The molecule has 0 saturated heterocycles. The summed E-state index contributed by atoms with van der Waals surface area (Å²) in [6, 6.07) is 15.4. The molecule has 0 N–H and O–H groups in total. The number of ether oxygens (including phenoxy) is 2. The van der Waals surface area contributed by atoms with Crippen LogP contribution in [0.15, 0.2) is 54.6 Å². The number of aromatic nitrogens is 1. The maximum Gasteiger partial charge on any atom is 0.417 e. The van der Waals surface area contributed by atoms with E-state index in [2.05, 4.69) is 4.98 Å². The second-order valence-corrected chi connectivity index (χ2v) is 5.85. The number of hydrogen-bond donors (Lipinski definition) is 0. The SMILES string of the molecule is COc1ccc(-c2cc(C(F)(F)F)c(C#N)c(-c3ccc(OC)cc3)n2)cc1. The van der Waals surface area contributed by atoms with Gasteiger partial charge < -0.3 is 9.47 Å². The first-order valence-electron chi connectivity index (χ1n) is 8.18. The summed E-state index contributed by atoms with van der Waals surface area (Å²) >= 11 is 0. The van der Waals surface area contributed by atoms with Crippen LogP contribution in [0.3, 0.4) is 0 Å². The van der Waals surface area contributed by atoms with Crippen molar-refractivity contribution < 1.29 is 22.6 Å². The number of rotatable bonds is 4. The van der Waals surface area contributed by atoms with Gasteiger partial charge in [-0.25, -0.2) is 4.98 Å². The first-order chi connectivity index (χ1) is 13.4. The zero-order chi connectivity index (χ0) is 20.3. The van der Waals surface area contributed by atoms with Crippen LogP contribution >= 0.6 is 0 Å². The lowest BCUT2D eigenvalue weighted by Crippen LogP contribution is -2.10. The van der Waals surface area contributed by atoms with E-state index in [-0.39, 0.29) is 11.4 Å². The molecule has 1 aromatic heterocycles. The van der Waals surface area contributed by atoms with Crippen LogP contribution < -0.4 is 9.47 Å². The highest BCUT2D eigenvalue weighted by Gasteiger charge is 2.36. The van der Waals surface area contributed by atoms with Crippen molar-refractivity contribution in [1.82, 2.24) is 4.98 Å². The molecule has 0 saturated carbocycles. The monoisotopic (exact) mass is 384 g/mol. The average molecular weight is 384 g/mol. The van der Waals surface area contributed by atoms with Crippen molar-refractivity contribution in [1.29, 1.82) is 5.26 Å². The highest BCUT2D eigenvalue weighted by molar-refractivity contribution is 5.74. The Morgan fingerprint density at radius 3 is 1.79 bits per heavy atom. The van der Waals surface area contributed by atoms with Crippen LogP contribution in [0.2, 0.25) is 0 Å². The molecule has 4 nitrogen and oxygen atoms in total. The maximum atomic E-state index is 13.6. The van der Waals surface area contributed by atoms with Gasteiger partial charge in [-0.15, -0.1) is 0 Å². The maximum absolute atomic E-state index is 13.6. The van der Waals surface area contributed by atoms with Crippen molar-refractivity contribution in [2.75, 3.05) is 14.2 Å². The lowest BCUT2D eigenvalue weighted by molar-refractivity contribution is -0.137. The number of halogens is 3. The van der Waals surface area contributed by atoms with Gasteiger partial charge in [0.1, 0.15) is 17.6 Å². The molecule has 0 spiro atoms. The van der Waals surface area contributed by atoms with E-state index in [0.29, 0.717) is 22.6 Å². The topological polar surface area (TPSA) is 55.1 Å². The third kappa shape index (κ3) is 3.76. The zero-order valence-corrected chi connectivity index (χ0v) is 15.0. The molecule has 0 bridgehead atoms. The van der Waals surface area contributed by atoms with Crippen molar-refractivity contribution in [3.8, 4) is 40.1 Å². The molecule has 2 aromatic carbocycles. The summed E-state index contributed by atoms with van der Waals surface area (Å²) in [5.41, 5.74) is -0.606. The van der Waals surface area contributed by atoms with E-state index in [1.54, 1.807) is 54.6 Å². The lowest BCUT2D eigenvalue weighted by atomic mass is 9.98. The van der Waals surface area contributed by atoms with Gasteiger partial charge in [0, 0.05) is 11.1 Å². The van der Waals surface area contributed by atoms with Gasteiger partial charge in [0.25, 0.3) is 0 Å². The number of methoxy groups -OCH3 is 2. The number of nitriles is 1. The van der Waals surface area contributed by atoms with Crippen molar-refractivity contribution in [3.63, 3.8) is 0 Å². The molecule has 0 atom stereocenters. The molecule has 0 fully saturated rings. The van der Waals surface area contributed by atoms with Crippen molar-refractivity contribution >= 4 is 0 Å². The largest absolute Gasteiger partial charge is 0.497 e. The average Bonchev–Trinajstić information content (AvgIpc) is 2.72. The van der Waals surface area contributed by atoms with E-state index in [9.17, 15) is 18.4 Å². The number of alkyl halides is 3. The Bertz CT molecular complexity index is 1020. The first kappa shape index (κ1) is 19.2. The number of nitrogens with zero attached hydrogens (tertiary/aromatic N) is 2. The van der Waals surface area contributed by atoms with Crippen LogP contribution in [0.5, 0.6) is 11.5 Å². The van der Waals surface area contributed by atoms with E-state index in [1.807, 2.05) is 0 Å². The van der Waals surface area contributed by atoms with Crippen LogP contribution in [-0.4, -0.2) is 19.2 Å². The summed E-state index contributed by atoms with van der Waals surface area (Å²) in [7, 11) is 2.98. The molecule has 28 heavy (non-hydrogen) atoms. The number of pyridine rings is 1. The van der Waals surface area contributed by atoms with E-state index in [1.165, 1.54) is 14.2 Å². The minimum Gasteiger partial charge on any atom is -0.497 e. The van der Waals surface area contributed by atoms with Crippen LogP contribution in [0.1, 0.15) is 11.1 Å². The summed E-state index contributed by atoms with van der Waals surface area (Å²) in [4.78, 5) is 4.37. The minimum atomic E-state index is -4.70. The zero-order valence-electron chi connectivity index (χ0n) is 15.0. The predicted octanol–water partition coefficient (Wildman–Crippen LogP) is 5.32. The summed E-state index contributed by atoms with van der Waals surface area (Å²) in [6.07, 6.45) is -4.70. The molecular weight excluding hydrogens is 369 g/mol. The van der Waals surface area contributed by atoms with E-state index in [0.717, 1.165) is 6.07 Å². The summed E-state index contributed by atoms with van der Waals surface area (Å²) in [6.45, 7) is 0. The van der Waals surface area contributed by atoms with E-state index < -0.39 is 17.3 Å². The second-order valence-electron chi connectivity index (χ2n) is 5.85. The Morgan fingerprint density at radius 1 is 0.857 bits per heavy atom. The van der Waals surface area contributed by atoms with E-state index >= 15 is 0 Å². The highest BCUT2D eigenvalue weighted by Crippen LogP contribution is 2.38. The Labute approximate surface area is 159 Å². The summed E-state index contributed by atoms with van der Waals surface area (Å²) < 4.78 is 51.1. The van der Waals surface area contributed by atoms with Crippen molar-refractivity contribution in [2.24, 2.45) is 0 Å². The fraction of sp³-hybridized carbons (Fsp3) is 0.143. The Hall–Kier alpha value is -3.53. The lowest BCUT2D eigenvalue weighted by Gasteiger charge is -2.15. The van der Waals surface area contributed by atoms with Gasteiger partial charge in [0.05, 0.1) is 36.7 Å². The third-order valence-electron chi connectivity index (χ3n) is 4.19. The van der Waals surface area contributed by atoms with Gasteiger partial charge in [-0.2, -0.15) is 18.4 Å². The van der Waals surface area contributed by atoms with Crippen molar-refractivity contribution in [2.45, 2.75) is 6.18 Å². The van der Waals surface area contributed by atoms with Gasteiger partial charge >= 0.3 is 6.18 Å². The fourth-order valence-corrected chi connectivity index (χ4v) is 2.75. The van der Waals surface area contributed by atoms with Crippen LogP contribution in [-0.2, 0) is 6.18 Å². The first-order valence-corrected chi connectivity index (χ1v) is 8.18. The molecule has 0 radical (unpaired) electrons. The normalized spacial score (nSPS) is 11.0. The Morgan fingerprint density at radius 2 is 1.36 bits per heavy atom. The molecule has 0 aliphatic carbocycles. The molecule has 0 aliphatic rings. The van der Waals surface area contributed by atoms with Crippen molar-refractivity contribution in [3.05, 3.63) is 65.7 Å². The van der Waals surface area contributed by atoms with Gasteiger partial charge in [0.2, 0.25) is 0 Å². The molecule has 0 aliphatic heterocycles. The van der Waals surface area contributed by atoms with Gasteiger partial charge in [-0.1, -0.05) is 0 Å². The molecular formula is C21H15F3N2O2. The standard InChI is InChI=1S/C21H15F3N2O2/c1-27-15-7-3-13(4-8-15)19-11-18(21(22,23)24)17(12-25)20(26-19)14-5-9-16(28-2)10-6-14/h3-11H,1-2H3. The van der Waals surface area contributed by atoms with Gasteiger partial charge in [-0.05, 0) is 54.6 Å². The second kappa shape index (κ2) is 7.61. The number of hydrogen-bond acceptors (Lipinski definition) is 4. The Kier molecular flexibility index (Phi) is 5.23. The van der Waals surface area contributed by atoms with Gasteiger partial charge in [-0.3, -0.25) is 0 Å². The smallest absolute Gasteiger partial charge is 0.417 e. The Balaban J connectivity index is 2.25. The fourth-order valence-electron chi connectivity index (χ4n) is 2.75. The quantitative estimate of drug-likeness (QED) is 0.611. The van der Waals surface area contributed by atoms with Gasteiger partial charge in [0.15, 0.2) is 0 Å². The molecule has 0 amide bonds. The highest BCUT2D eigenvalue weighted by atomic mass is 19.4. The summed E-state index contributed by atoms with van der Waals surface area (Å²) in [5.74, 6) is 1.12. The summed E-state index contributed by atoms with van der Waals surface area (Å²) in [5, 5.41) is 9.42. The molecule has 3 rings (SSSR count). The van der Waals surface area contributed by atoms with E-state index in [4.69, 9.17) is 9.47 Å². The molecule has 3 aromatic rings. The molecule has 0 unspecified atom stereocenters. The molecule has 1 heterocycles. The number of benzene rings is 2. The van der Waals surface area contributed by atoms with Crippen LogP contribution in [0.25, 0.3) is 22.5 Å². The minimum absolute atomic E-state index is 0.0363. The molecule has 142 valence electrons.